The molecule has 0 N–H and O–H groups in total. The molecule has 0 aliphatic carbocycles. The Labute approximate surface area is 172 Å². The Morgan fingerprint density at radius 3 is 1.97 bits per heavy atom. The fourth-order valence-electron chi connectivity index (χ4n) is 4.09. The molecule has 2 aliphatic heterocycles. The second-order valence-electron chi connectivity index (χ2n) is 7.63. The maximum Gasteiger partial charge on any atom is 0.257 e. The van der Waals surface area contributed by atoms with Gasteiger partial charge in [0, 0.05) is 39.3 Å². The predicted molar refractivity (Wildman–Crippen MR) is 114 cm³/mol. The Balaban J connectivity index is 1.36. The van der Waals surface area contributed by atoms with Crippen LogP contribution in [0.3, 0.4) is 0 Å². The van der Waals surface area contributed by atoms with Gasteiger partial charge in [0.15, 0.2) is 11.6 Å². The van der Waals surface area contributed by atoms with Crippen molar-refractivity contribution in [3.05, 3.63) is 42.0 Å². The lowest BCUT2D eigenvalue weighted by Gasteiger charge is -2.35. The molecule has 29 heavy (non-hydrogen) atoms. The minimum Gasteiger partial charge on any atom is -0.496 e. The predicted octanol–water partition coefficient (Wildman–Crippen LogP) is 2.83. The molecule has 0 radical (unpaired) electrons. The van der Waals surface area contributed by atoms with E-state index in [-0.39, 0.29) is 5.91 Å². The first kappa shape index (κ1) is 19.5. The number of carbonyl (C=O) groups is 1. The van der Waals surface area contributed by atoms with E-state index in [0.29, 0.717) is 24.4 Å². The number of aromatic nitrogens is 2. The summed E-state index contributed by atoms with van der Waals surface area (Å²) in [4.78, 5) is 19.3. The van der Waals surface area contributed by atoms with E-state index in [1.165, 1.54) is 25.7 Å². The van der Waals surface area contributed by atoms with Gasteiger partial charge in [-0.2, -0.15) is 0 Å². The highest BCUT2D eigenvalue weighted by Crippen LogP contribution is 2.22. The van der Waals surface area contributed by atoms with Crippen LogP contribution in [-0.4, -0.2) is 67.4 Å². The van der Waals surface area contributed by atoms with Gasteiger partial charge in [-0.1, -0.05) is 25.0 Å². The molecule has 0 saturated carbocycles. The number of hydrogen-bond donors (Lipinski definition) is 0. The van der Waals surface area contributed by atoms with E-state index in [0.717, 1.165) is 37.8 Å². The van der Waals surface area contributed by atoms with Gasteiger partial charge in [0.25, 0.3) is 5.91 Å². The summed E-state index contributed by atoms with van der Waals surface area (Å²) in [6.45, 7) is 4.95. The van der Waals surface area contributed by atoms with Crippen molar-refractivity contribution in [2.75, 3.05) is 56.2 Å². The lowest BCUT2D eigenvalue weighted by molar-refractivity contribution is 0.0743. The molecule has 2 aromatic rings. The molecule has 0 spiro atoms. The highest BCUT2D eigenvalue weighted by atomic mass is 16.5. The lowest BCUT2D eigenvalue weighted by atomic mass is 10.1. The van der Waals surface area contributed by atoms with E-state index in [1.807, 2.05) is 29.2 Å². The standard InChI is InChI=1S/C22H29N5O2/c1-29-19-9-5-4-8-18(19)22(28)27-16-14-26(15-17-27)21-11-10-20(23-24-21)25-12-6-2-3-7-13-25/h4-5,8-11H,2-3,6-7,12-17H2,1H3. The van der Waals surface area contributed by atoms with Gasteiger partial charge in [0.05, 0.1) is 12.7 Å². The first-order chi connectivity index (χ1) is 14.3. The largest absolute Gasteiger partial charge is 0.496 e. The fourth-order valence-corrected chi connectivity index (χ4v) is 4.09. The Kier molecular flexibility index (Phi) is 6.12. The Morgan fingerprint density at radius 2 is 1.38 bits per heavy atom. The molecule has 7 nitrogen and oxygen atoms in total. The van der Waals surface area contributed by atoms with Crippen molar-refractivity contribution < 1.29 is 9.53 Å². The number of para-hydroxylation sites is 1. The summed E-state index contributed by atoms with van der Waals surface area (Å²) in [6.07, 6.45) is 5.07. The summed E-state index contributed by atoms with van der Waals surface area (Å²) >= 11 is 0. The van der Waals surface area contributed by atoms with E-state index < -0.39 is 0 Å². The van der Waals surface area contributed by atoms with Gasteiger partial charge in [-0.3, -0.25) is 4.79 Å². The zero-order chi connectivity index (χ0) is 20.1. The van der Waals surface area contributed by atoms with Crippen LogP contribution in [0.5, 0.6) is 5.75 Å². The van der Waals surface area contributed by atoms with Crippen LogP contribution in [0, 0.1) is 0 Å². The lowest BCUT2D eigenvalue weighted by Crippen LogP contribution is -2.49. The zero-order valence-corrected chi connectivity index (χ0v) is 17.1. The van der Waals surface area contributed by atoms with Crippen molar-refractivity contribution in [3.8, 4) is 5.75 Å². The number of nitrogens with zero attached hydrogens (tertiary/aromatic N) is 5. The Bertz CT molecular complexity index is 810. The summed E-state index contributed by atoms with van der Waals surface area (Å²) < 4.78 is 5.34. The molecule has 0 bridgehead atoms. The number of methoxy groups -OCH3 is 1. The minimum absolute atomic E-state index is 0.0182. The fraction of sp³-hybridized carbons (Fsp3) is 0.500. The molecule has 2 saturated heterocycles. The topological polar surface area (TPSA) is 61.8 Å². The molecule has 1 aromatic heterocycles. The molecule has 3 heterocycles. The van der Waals surface area contributed by atoms with Gasteiger partial charge in [-0.15, -0.1) is 10.2 Å². The maximum atomic E-state index is 12.9. The van der Waals surface area contributed by atoms with E-state index in [4.69, 9.17) is 4.74 Å². The molecule has 1 aromatic carbocycles. The van der Waals surface area contributed by atoms with Gasteiger partial charge in [0.1, 0.15) is 5.75 Å². The van der Waals surface area contributed by atoms with E-state index in [2.05, 4.69) is 32.1 Å². The third-order valence-corrected chi connectivity index (χ3v) is 5.79. The summed E-state index contributed by atoms with van der Waals surface area (Å²) in [6, 6.07) is 11.5. The van der Waals surface area contributed by atoms with Crippen LogP contribution in [0.25, 0.3) is 0 Å². The van der Waals surface area contributed by atoms with Crippen molar-refractivity contribution in [1.82, 2.24) is 15.1 Å². The normalized spacial score (nSPS) is 17.8. The van der Waals surface area contributed by atoms with Crippen LogP contribution in [0.2, 0.25) is 0 Å². The number of carbonyl (C=O) groups excluding carboxylic acids is 1. The Hall–Kier alpha value is -2.83. The molecule has 0 unspecified atom stereocenters. The maximum absolute atomic E-state index is 12.9. The average Bonchev–Trinajstić information content (AvgIpc) is 3.08. The number of ether oxygens (including phenoxy) is 1. The summed E-state index contributed by atoms with van der Waals surface area (Å²) in [7, 11) is 1.60. The first-order valence-electron chi connectivity index (χ1n) is 10.5. The van der Waals surface area contributed by atoms with Crippen LogP contribution < -0.4 is 14.5 Å². The van der Waals surface area contributed by atoms with Crippen LogP contribution in [0.15, 0.2) is 36.4 Å². The van der Waals surface area contributed by atoms with E-state index in [9.17, 15) is 4.79 Å². The van der Waals surface area contributed by atoms with Crippen molar-refractivity contribution in [2.24, 2.45) is 0 Å². The quantitative estimate of drug-likeness (QED) is 0.793. The summed E-state index contributed by atoms with van der Waals surface area (Å²) in [5, 5.41) is 8.96. The highest BCUT2D eigenvalue weighted by molar-refractivity contribution is 5.97. The number of rotatable bonds is 4. The van der Waals surface area contributed by atoms with Crippen LogP contribution in [-0.2, 0) is 0 Å². The second-order valence-corrected chi connectivity index (χ2v) is 7.63. The summed E-state index contributed by atoms with van der Waals surface area (Å²) in [5.74, 6) is 2.49. The van der Waals surface area contributed by atoms with Crippen molar-refractivity contribution in [3.63, 3.8) is 0 Å². The van der Waals surface area contributed by atoms with Crippen molar-refractivity contribution in [1.29, 1.82) is 0 Å². The molecule has 2 fully saturated rings. The van der Waals surface area contributed by atoms with E-state index >= 15 is 0 Å². The minimum atomic E-state index is 0.0182. The molecular weight excluding hydrogens is 366 g/mol. The van der Waals surface area contributed by atoms with E-state index in [1.54, 1.807) is 7.11 Å². The first-order valence-corrected chi connectivity index (χ1v) is 10.5. The van der Waals surface area contributed by atoms with Crippen molar-refractivity contribution >= 4 is 17.5 Å². The zero-order valence-electron chi connectivity index (χ0n) is 17.1. The van der Waals surface area contributed by atoms with Gasteiger partial charge in [0.2, 0.25) is 0 Å². The highest BCUT2D eigenvalue weighted by Gasteiger charge is 2.25. The molecular formula is C22H29N5O2. The number of anilines is 2. The van der Waals surface area contributed by atoms with Gasteiger partial charge in [-0.25, -0.2) is 0 Å². The number of amides is 1. The molecule has 4 rings (SSSR count). The molecule has 1 amide bonds. The van der Waals surface area contributed by atoms with Crippen LogP contribution in [0.4, 0.5) is 11.6 Å². The molecule has 154 valence electrons. The number of hydrogen-bond acceptors (Lipinski definition) is 6. The smallest absolute Gasteiger partial charge is 0.257 e. The monoisotopic (exact) mass is 395 g/mol. The van der Waals surface area contributed by atoms with Crippen LogP contribution >= 0.6 is 0 Å². The SMILES string of the molecule is COc1ccccc1C(=O)N1CCN(c2ccc(N3CCCCCC3)nn2)CC1. The van der Waals surface area contributed by atoms with Crippen molar-refractivity contribution in [2.45, 2.75) is 25.7 Å². The van der Waals surface area contributed by atoms with Gasteiger partial charge in [-0.05, 0) is 37.1 Å². The second kappa shape index (κ2) is 9.11. The number of piperazine rings is 1. The molecule has 2 aliphatic rings. The third-order valence-electron chi connectivity index (χ3n) is 5.79. The average molecular weight is 396 g/mol. The van der Waals surface area contributed by atoms with Gasteiger partial charge >= 0.3 is 0 Å². The van der Waals surface area contributed by atoms with Gasteiger partial charge < -0.3 is 19.4 Å². The third kappa shape index (κ3) is 4.44. The number of benzene rings is 1. The Morgan fingerprint density at radius 1 is 0.793 bits per heavy atom. The molecule has 0 atom stereocenters. The summed E-state index contributed by atoms with van der Waals surface area (Å²) in [5.41, 5.74) is 0.616. The van der Waals surface area contributed by atoms with Crippen LogP contribution in [0.1, 0.15) is 36.0 Å². The molecule has 7 heteroatoms.